The number of ether oxygens (including phenoxy) is 1. The first-order valence-corrected chi connectivity index (χ1v) is 7.69. The Morgan fingerprint density at radius 1 is 1.24 bits per heavy atom. The Kier molecular flexibility index (Phi) is 4.10. The van der Waals surface area contributed by atoms with Crippen molar-refractivity contribution in [1.82, 2.24) is 0 Å². The number of rotatable bonds is 3. The summed E-state index contributed by atoms with van der Waals surface area (Å²) in [5.74, 6) is -1.62. The topological polar surface area (TPSA) is 111 Å². The van der Waals surface area contributed by atoms with Crippen molar-refractivity contribution < 1.29 is 19.1 Å². The van der Waals surface area contributed by atoms with Crippen LogP contribution in [0.4, 0.5) is 11.4 Å². The molecule has 1 aliphatic rings. The van der Waals surface area contributed by atoms with Gasteiger partial charge in [0.15, 0.2) is 0 Å². The van der Waals surface area contributed by atoms with E-state index in [0.717, 1.165) is 0 Å². The van der Waals surface area contributed by atoms with Gasteiger partial charge in [-0.1, -0.05) is 17.7 Å². The molecule has 4 N–H and O–H groups in total. The fourth-order valence-corrected chi connectivity index (χ4v) is 2.52. The van der Waals surface area contributed by atoms with E-state index < -0.39 is 23.3 Å². The molecule has 0 radical (unpaired) electrons. The summed E-state index contributed by atoms with van der Waals surface area (Å²) in [6.45, 7) is 1.35. The van der Waals surface area contributed by atoms with E-state index in [0.29, 0.717) is 22.1 Å². The van der Waals surface area contributed by atoms with Crippen molar-refractivity contribution in [2.24, 2.45) is 5.73 Å². The second-order valence-electron chi connectivity index (χ2n) is 5.63. The smallest absolute Gasteiger partial charge is 0.278 e. The number of anilines is 2. The van der Waals surface area contributed by atoms with Crippen LogP contribution in [0.3, 0.4) is 0 Å². The van der Waals surface area contributed by atoms with E-state index >= 15 is 0 Å². The van der Waals surface area contributed by atoms with Gasteiger partial charge >= 0.3 is 0 Å². The number of benzene rings is 2. The molecule has 2 aromatic carbocycles. The molecule has 2 aromatic rings. The maximum absolute atomic E-state index is 12.6. The highest BCUT2D eigenvalue weighted by Gasteiger charge is 2.47. The van der Waals surface area contributed by atoms with Crippen molar-refractivity contribution in [3.63, 3.8) is 0 Å². The number of hydrogen-bond donors (Lipinski definition) is 3. The molecule has 3 amide bonds. The van der Waals surface area contributed by atoms with Gasteiger partial charge in [-0.2, -0.15) is 0 Å². The monoisotopic (exact) mass is 359 g/mol. The Bertz CT molecular complexity index is 899. The molecule has 1 heterocycles. The lowest BCUT2D eigenvalue weighted by Gasteiger charge is -2.33. The average Bonchev–Trinajstić information content (AvgIpc) is 2.56. The summed E-state index contributed by atoms with van der Waals surface area (Å²) >= 11 is 5.88. The number of amides is 3. The predicted molar refractivity (Wildman–Crippen MR) is 92.7 cm³/mol. The van der Waals surface area contributed by atoms with Crippen LogP contribution in [0.25, 0.3) is 0 Å². The molecule has 25 heavy (non-hydrogen) atoms. The molecule has 0 aromatic heterocycles. The molecule has 0 aliphatic carbocycles. The van der Waals surface area contributed by atoms with E-state index in [9.17, 15) is 14.4 Å². The summed E-state index contributed by atoms with van der Waals surface area (Å²) in [6, 6.07) is 10.8. The minimum atomic E-state index is -1.79. The molecule has 1 atom stereocenters. The Balaban J connectivity index is 1.86. The lowest BCUT2D eigenvalue weighted by molar-refractivity contribution is -0.143. The van der Waals surface area contributed by atoms with Crippen LogP contribution >= 0.6 is 11.6 Å². The van der Waals surface area contributed by atoms with Crippen LogP contribution in [-0.2, 0) is 9.59 Å². The summed E-state index contributed by atoms with van der Waals surface area (Å²) < 4.78 is 5.62. The van der Waals surface area contributed by atoms with Gasteiger partial charge in [-0.05, 0) is 43.3 Å². The van der Waals surface area contributed by atoms with Crippen LogP contribution in [0.2, 0.25) is 5.02 Å². The molecule has 128 valence electrons. The van der Waals surface area contributed by atoms with E-state index in [-0.39, 0.29) is 5.56 Å². The first-order chi connectivity index (χ1) is 11.8. The molecule has 3 rings (SSSR count). The maximum Gasteiger partial charge on any atom is 0.278 e. The molecule has 0 bridgehead atoms. The lowest BCUT2D eigenvalue weighted by Crippen LogP contribution is -2.56. The number of carbonyl (C=O) groups is 3. The standard InChI is InChI=1S/C17H14ClN3O4/c1-17(15(23)20-11-4-2-3-9(7-11)14(19)22)16(24)21-12-8-10(18)5-6-13(12)25-17/h2-8H,1H3,(H2,19,22)(H,20,23)(H,21,24). The molecule has 1 aliphatic heterocycles. The molecule has 0 spiro atoms. The predicted octanol–water partition coefficient (Wildman–Crippen LogP) is 2.17. The molecule has 1 unspecified atom stereocenters. The van der Waals surface area contributed by atoms with Crippen LogP contribution in [-0.4, -0.2) is 23.3 Å². The Hall–Kier alpha value is -3.06. The molecule has 0 saturated carbocycles. The van der Waals surface area contributed by atoms with Crippen molar-refractivity contribution in [3.05, 3.63) is 53.1 Å². The van der Waals surface area contributed by atoms with Gasteiger partial charge in [0.2, 0.25) is 5.91 Å². The van der Waals surface area contributed by atoms with Crippen LogP contribution in [0.1, 0.15) is 17.3 Å². The minimum absolute atomic E-state index is 0.233. The summed E-state index contributed by atoms with van der Waals surface area (Å²) in [5.41, 5.74) is 4.37. The summed E-state index contributed by atoms with van der Waals surface area (Å²) in [5, 5.41) is 5.60. The van der Waals surface area contributed by atoms with Crippen LogP contribution in [0, 0.1) is 0 Å². The average molecular weight is 360 g/mol. The van der Waals surface area contributed by atoms with E-state index in [1.54, 1.807) is 24.3 Å². The molecular weight excluding hydrogens is 346 g/mol. The number of nitrogens with two attached hydrogens (primary N) is 1. The second-order valence-corrected chi connectivity index (χ2v) is 6.07. The fraction of sp³-hybridized carbons (Fsp3) is 0.118. The quantitative estimate of drug-likeness (QED) is 0.729. The van der Waals surface area contributed by atoms with Crippen LogP contribution in [0.5, 0.6) is 5.75 Å². The van der Waals surface area contributed by atoms with Gasteiger partial charge in [0, 0.05) is 16.3 Å². The number of nitrogens with one attached hydrogen (secondary N) is 2. The first kappa shape index (κ1) is 16.8. The normalized spacial score (nSPS) is 18.6. The SMILES string of the molecule is CC1(C(=O)Nc2cccc(C(N)=O)c2)Oc2ccc(Cl)cc2NC1=O. The van der Waals surface area contributed by atoms with Gasteiger partial charge in [0.25, 0.3) is 17.4 Å². The van der Waals surface area contributed by atoms with E-state index in [4.69, 9.17) is 22.1 Å². The highest BCUT2D eigenvalue weighted by atomic mass is 35.5. The number of hydrogen-bond acceptors (Lipinski definition) is 4. The van der Waals surface area contributed by atoms with Crippen molar-refractivity contribution in [3.8, 4) is 5.75 Å². The van der Waals surface area contributed by atoms with Crippen LogP contribution < -0.4 is 21.1 Å². The first-order valence-electron chi connectivity index (χ1n) is 7.31. The zero-order valence-corrected chi connectivity index (χ0v) is 13.9. The van der Waals surface area contributed by atoms with E-state index in [2.05, 4.69) is 10.6 Å². The zero-order chi connectivity index (χ0) is 18.2. The second kappa shape index (κ2) is 6.10. The third-order valence-electron chi connectivity index (χ3n) is 3.78. The van der Waals surface area contributed by atoms with Crippen molar-refractivity contribution in [1.29, 1.82) is 0 Å². The molecule has 8 heteroatoms. The van der Waals surface area contributed by atoms with Gasteiger partial charge in [0.05, 0.1) is 5.69 Å². The highest BCUT2D eigenvalue weighted by Crippen LogP contribution is 2.36. The van der Waals surface area contributed by atoms with Gasteiger partial charge in [0.1, 0.15) is 5.75 Å². The molecule has 0 saturated heterocycles. The lowest BCUT2D eigenvalue weighted by atomic mass is 10.0. The molecule has 7 nitrogen and oxygen atoms in total. The third-order valence-corrected chi connectivity index (χ3v) is 4.01. The Morgan fingerprint density at radius 2 is 2.00 bits per heavy atom. The van der Waals surface area contributed by atoms with Gasteiger partial charge in [-0.15, -0.1) is 0 Å². The van der Waals surface area contributed by atoms with Crippen molar-refractivity contribution in [2.75, 3.05) is 10.6 Å². The van der Waals surface area contributed by atoms with Crippen molar-refractivity contribution >= 4 is 40.7 Å². The maximum atomic E-state index is 12.6. The summed E-state index contributed by atoms with van der Waals surface area (Å²) in [4.78, 5) is 36.2. The third kappa shape index (κ3) is 3.14. The fourth-order valence-electron chi connectivity index (χ4n) is 2.35. The summed E-state index contributed by atoms with van der Waals surface area (Å²) in [6.07, 6.45) is 0. The highest BCUT2D eigenvalue weighted by molar-refractivity contribution is 6.31. The number of halogens is 1. The number of fused-ring (bicyclic) bond motifs is 1. The Morgan fingerprint density at radius 3 is 2.72 bits per heavy atom. The van der Waals surface area contributed by atoms with Gasteiger partial charge in [-0.3, -0.25) is 14.4 Å². The molecule has 0 fully saturated rings. The molecular formula is C17H14ClN3O4. The van der Waals surface area contributed by atoms with Crippen molar-refractivity contribution in [2.45, 2.75) is 12.5 Å². The van der Waals surface area contributed by atoms with Crippen LogP contribution in [0.15, 0.2) is 42.5 Å². The Labute approximate surface area is 148 Å². The number of carbonyl (C=O) groups excluding carboxylic acids is 3. The van der Waals surface area contributed by atoms with Gasteiger partial charge < -0.3 is 21.1 Å². The van der Waals surface area contributed by atoms with E-state index in [1.165, 1.54) is 25.1 Å². The largest absolute Gasteiger partial charge is 0.466 e. The minimum Gasteiger partial charge on any atom is -0.466 e. The van der Waals surface area contributed by atoms with Gasteiger partial charge in [-0.25, -0.2) is 0 Å². The number of primary amides is 1. The van der Waals surface area contributed by atoms with E-state index in [1.807, 2.05) is 0 Å². The zero-order valence-electron chi connectivity index (χ0n) is 13.1. The summed E-state index contributed by atoms with van der Waals surface area (Å²) in [7, 11) is 0.